The fraction of sp³-hybridized carbons (Fsp3) is 0.231. The molecule has 0 aliphatic rings. The Bertz CT molecular complexity index is 702. The van der Waals surface area contributed by atoms with E-state index in [0.29, 0.717) is 27.5 Å². The number of hydrogen-bond acceptors (Lipinski definition) is 8. The lowest BCUT2D eigenvalue weighted by Gasteiger charge is -2.05. The zero-order chi connectivity index (χ0) is 15.8. The van der Waals surface area contributed by atoms with E-state index in [1.165, 1.54) is 23.1 Å². The minimum Gasteiger partial charge on any atom is -0.382 e. The van der Waals surface area contributed by atoms with Crippen LogP contribution in [0.1, 0.15) is 0 Å². The molecule has 0 amide bonds. The van der Waals surface area contributed by atoms with Gasteiger partial charge in [0.25, 0.3) is 0 Å². The van der Waals surface area contributed by atoms with Crippen LogP contribution in [-0.4, -0.2) is 36.7 Å². The summed E-state index contributed by atoms with van der Waals surface area (Å²) in [6.45, 7) is 4.21. The molecular weight excluding hydrogens is 342 g/mol. The van der Waals surface area contributed by atoms with Gasteiger partial charge in [-0.1, -0.05) is 47.4 Å². The molecule has 9 heteroatoms. The summed E-state index contributed by atoms with van der Waals surface area (Å²) in [5.74, 6) is 0.576. The molecule has 0 bridgehead atoms. The minimum absolute atomic E-state index is 0.0957. The van der Waals surface area contributed by atoms with E-state index in [1.54, 1.807) is 36.4 Å². The van der Waals surface area contributed by atoms with Gasteiger partial charge in [0.15, 0.2) is 4.34 Å². The van der Waals surface area contributed by atoms with Crippen molar-refractivity contribution in [3.8, 4) is 5.75 Å². The first-order valence-corrected chi connectivity index (χ1v) is 9.75. The second-order valence-corrected chi connectivity index (χ2v) is 8.06. The van der Waals surface area contributed by atoms with Crippen molar-refractivity contribution in [2.24, 2.45) is 0 Å². The van der Waals surface area contributed by atoms with Gasteiger partial charge < -0.3 is 9.50 Å². The van der Waals surface area contributed by atoms with E-state index in [9.17, 15) is 8.42 Å². The number of thioether (sulfide) groups is 1. The van der Waals surface area contributed by atoms with Crippen LogP contribution in [0, 0.1) is 0 Å². The first-order chi connectivity index (χ1) is 10.6. The molecule has 0 saturated carbocycles. The molecule has 118 valence electrons. The highest BCUT2D eigenvalue weighted by atomic mass is 32.2. The summed E-state index contributed by atoms with van der Waals surface area (Å²) in [7, 11) is -3.61. The molecule has 0 unspecified atom stereocenters. The lowest BCUT2D eigenvalue weighted by molar-refractivity contribution is 0.488. The lowest BCUT2D eigenvalue weighted by Crippen LogP contribution is -2.15. The van der Waals surface area contributed by atoms with E-state index < -0.39 is 10.1 Å². The zero-order valence-corrected chi connectivity index (χ0v) is 14.1. The van der Waals surface area contributed by atoms with Crippen LogP contribution in [0.3, 0.4) is 0 Å². The van der Waals surface area contributed by atoms with Gasteiger partial charge in [-0.2, -0.15) is 8.42 Å². The molecule has 1 N–H and O–H groups in total. The summed E-state index contributed by atoms with van der Waals surface area (Å²) < 4.78 is 29.4. The molecule has 22 heavy (non-hydrogen) atoms. The number of rotatable bonds is 9. The fourth-order valence-corrected chi connectivity index (χ4v) is 4.51. The molecule has 0 saturated heterocycles. The van der Waals surface area contributed by atoms with Gasteiger partial charge in [-0.05, 0) is 12.1 Å². The summed E-state index contributed by atoms with van der Waals surface area (Å²) in [6.07, 6.45) is 1.72. The van der Waals surface area contributed by atoms with Gasteiger partial charge in [0.1, 0.15) is 5.75 Å². The predicted octanol–water partition coefficient (Wildman–Crippen LogP) is 2.64. The predicted molar refractivity (Wildman–Crippen MR) is 90.2 cm³/mol. The quantitative estimate of drug-likeness (QED) is 0.420. The molecule has 0 aliphatic carbocycles. The van der Waals surface area contributed by atoms with Crippen LogP contribution < -0.4 is 9.50 Å². The van der Waals surface area contributed by atoms with Crippen LogP contribution >= 0.6 is 23.1 Å². The molecule has 1 heterocycles. The van der Waals surface area contributed by atoms with Crippen molar-refractivity contribution in [2.75, 3.05) is 23.4 Å². The van der Waals surface area contributed by atoms with E-state index >= 15 is 0 Å². The summed E-state index contributed by atoms with van der Waals surface area (Å²) >= 11 is 2.71. The van der Waals surface area contributed by atoms with Crippen molar-refractivity contribution < 1.29 is 12.6 Å². The van der Waals surface area contributed by atoms with Gasteiger partial charge in [0.2, 0.25) is 5.13 Å². The average molecular weight is 357 g/mol. The molecule has 2 rings (SSSR count). The van der Waals surface area contributed by atoms with E-state index in [0.717, 1.165) is 0 Å². The molecule has 0 fully saturated rings. The van der Waals surface area contributed by atoms with Crippen LogP contribution in [0.25, 0.3) is 0 Å². The van der Waals surface area contributed by atoms with E-state index in [1.807, 2.05) is 0 Å². The van der Waals surface area contributed by atoms with E-state index in [4.69, 9.17) is 4.18 Å². The molecule has 0 aliphatic heterocycles. The summed E-state index contributed by atoms with van der Waals surface area (Å²) in [5.41, 5.74) is 0. The lowest BCUT2D eigenvalue weighted by atomic mass is 10.3. The molecule has 1 aromatic carbocycles. The Morgan fingerprint density at radius 3 is 2.82 bits per heavy atom. The standard InChI is InChI=1S/C13H15N3O3S3/c1-2-8-14-12-15-16-13(21-12)20-9-10-22(17,18)19-11-6-4-3-5-7-11/h2-7H,1,8-10H2,(H,14,15). The smallest absolute Gasteiger partial charge is 0.310 e. The maximum Gasteiger partial charge on any atom is 0.310 e. The van der Waals surface area contributed by atoms with Crippen molar-refractivity contribution in [1.82, 2.24) is 10.2 Å². The number of benzene rings is 1. The fourth-order valence-electron chi connectivity index (χ4n) is 1.39. The Kier molecular flexibility index (Phi) is 6.22. The van der Waals surface area contributed by atoms with Crippen LogP contribution in [0.2, 0.25) is 0 Å². The SMILES string of the molecule is C=CCNc1nnc(SCCS(=O)(=O)Oc2ccccc2)s1. The largest absolute Gasteiger partial charge is 0.382 e. The zero-order valence-electron chi connectivity index (χ0n) is 11.6. The van der Waals surface area contributed by atoms with E-state index in [2.05, 4.69) is 22.1 Å². The van der Waals surface area contributed by atoms with Crippen LogP contribution in [0.5, 0.6) is 5.75 Å². The van der Waals surface area contributed by atoms with Crippen molar-refractivity contribution in [3.63, 3.8) is 0 Å². The Balaban J connectivity index is 1.80. The average Bonchev–Trinajstić information content (AvgIpc) is 2.93. The second-order valence-electron chi connectivity index (χ2n) is 4.05. The summed E-state index contributed by atoms with van der Waals surface area (Å²) in [6, 6.07) is 8.44. The Hall–Kier alpha value is -1.58. The molecular formula is C13H15N3O3S3. The van der Waals surface area contributed by atoms with Gasteiger partial charge in [0.05, 0.1) is 5.75 Å². The van der Waals surface area contributed by atoms with Crippen LogP contribution in [-0.2, 0) is 10.1 Å². The number of hydrogen-bond donors (Lipinski definition) is 1. The summed E-state index contributed by atoms with van der Waals surface area (Å²) in [4.78, 5) is 0. The summed E-state index contributed by atoms with van der Waals surface area (Å²) in [5, 5.41) is 11.6. The minimum atomic E-state index is -3.61. The van der Waals surface area contributed by atoms with Crippen molar-refractivity contribution in [1.29, 1.82) is 0 Å². The molecule has 6 nitrogen and oxygen atoms in total. The van der Waals surface area contributed by atoms with Crippen molar-refractivity contribution in [3.05, 3.63) is 43.0 Å². The third kappa shape index (κ3) is 5.66. The molecule has 0 radical (unpaired) electrons. The normalized spacial score (nSPS) is 11.1. The highest BCUT2D eigenvalue weighted by Crippen LogP contribution is 2.25. The van der Waals surface area contributed by atoms with Crippen LogP contribution in [0.15, 0.2) is 47.3 Å². The van der Waals surface area contributed by atoms with Gasteiger partial charge in [-0.3, -0.25) is 0 Å². The topological polar surface area (TPSA) is 81.2 Å². The van der Waals surface area contributed by atoms with E-state index in [-0.39, 0.29) is 5.75 Å². The Morgan fingerprint density at radius 1 is 1.32 bits per heavy atom. The molecule has 0 atom stereocenters. The monoisotopic (exact) mass is 357 g/mol. The van der Waals surface area contributed by atoms with Crippen molar-refractivity contribution in [2.45, 2.75) is 4.34 Å². The molecule has 2 aromatic rings. The van der Waals surface area contributed by atoms with Gasteiger partial charge in [-0.25, -0.2) is 0 Å². The number of aromatic nitrogens is 2. The first-order valence-electron chi connectivity index (χ1n) is 6.37. The highest BCUT2D eigenvalue weighted by Gasteiger charge is 2.14. The van der Waals surface area contributed by atoms with Gasteiger partial charge in [0, 0.05) is 12.3 Å². The highest BCUT2D eigenvalue weighted by molar-refractivity contribution is 8.01. The van der Waals surface area contributed by atoms with Gasteiger partial charge in [-0.15, -0.1) is 16.8 Å². The molecule has 0 spiro atoms. The number of para-hydroxylation sites is 1. The number of nitrogens with one attached hydrogen (secondary N) is 1. The number of nitrogens with zero attached hydrogens (tertiary/aromatic N) is 2. The van der Waals surface area contributed by atoms with Crippen LogP contribution in [0.4, 0.5) is 5.13 Å². The number of anilines is 1. The third-order valence-corrected chi connectivity index (χ3v) is 5.75. The Labute approximate surface area is 137 Å². The third-order valence-electron chi connectivity index (χ3n) is 2.33. The van der Waals surface area contributed by atoms with Gasteiger partial charge >= 0.3 is 10.1 Å². The second kappa shape index (κ2) is 8.16. The Morgan fingerprint density at radius 2 is 2.09 bits per heavy atom. The van der Waals surface area contributed by atoms with Crippen molar-refractivity contribution >= 4 is 38.3 Å². The maximum atomic E-state index is 11.8. The molecule has 1 aromatic heterocycles. The maximum absolute atomic E-state index is 11.8. The first kappa shape index (κ1) is 16.8.